The van der Waals surface area contributed by atoms with Gasteiger partial charge in [-0.05, 0) is 18.1 Å². The SMILES string of the molecule is CCCC(N)c1ccn(CCn2ccnc2)c1. The van der Waals surface area contributed by atoms with Crippen molar-refractivity contribution in [3.63, 3.8) is 0 Å². The summed E-state index contributed by atoms with van der Waals surface area (Å²) in [6.07, 6.45) is 12.0. The molecule has 4 nitrogen and oxygen atoms in total. The number of hydrogen-bond acceptors (Lipinski definition) is 2. The molecule has 4 heteroatoms. The number of aryl methyl sites for hydroxylation is 2. The molecule has 2 heterocycles. The van der Waals surface area contributed by atoms with Crippen molar-refractivity contribution in [3.05, 3.63) is 42.7 Å². The van der Waals surface area contributed by atoms with Gasteiger partial charge in [-0.1, -0.05) is 13.3 Å². The Kier molecular flexibility index (Phi) is 3.98. The minimum atomic E-state index is 0.175. The first-order valence-corrected chi connectivity index (χ1v) is 6.16. The van der Waals surface area contributed by atoms with Crippen molar-refractivity contribution in [1.82, 2.24) is 14.1 Å². The fourth-order valence-electron chi connectivity index (χ4n) is 1.95. The Morgan fingerprint density at radius 2 is 2.12 bits per heavy atom. The molecule has 2 N–H and O–H groups in total. The van der Waals surface area contributed by atoms with Gasteiger partial charge in [0.05, 0.1) is 6.33 Å². The highest BCUT2D eigenvalue weighted by Gasteiger charge is 2.06. The normalized spacial score (nSPS) is 12.8. The molecule has 0 spiro atoms. The van der Waals surface area contributed by atoms with Crippen LogP contribution in [0.2, 0.25) is 0 Å². The van der Waals surface area contributed by atoms with Gasteiger partial charge in [0.25, 0.3) is 0 Å². The molecular weight excluding hydrogens is 212 g/mol. The van der Waals surface area contributed by atoms with E-state index in [0.29, 0.717) is 0 Å². The van der Waals surface area contributed by atoms with Crippen molar-refractivity contribution in [3.8, 4) is 0 Å². The van der Waals surface area contributed by atoms with Crippen LogP contribution < -0.4 is 5.73 Å². The average Bonchev–Trinajstić information content (AvgIpc) is 2.98. The second-order valence-electron chi connectivity index (χ2n) is 4.38. The number of nitrogens with zero attached hydrogens (tertiary/aromatic N) is 3. The van der Waals surface area contributed by atoms with Crippen LogP contribution in [0.3, 0.4) is 0 Å². The quantitative estimate of drug-likeness (QED) is 0.830. The molecule has 2 aromatic heterocycles. The van der Waals surface area contributed by atoms with Gasteiger partial charge < -0.3 is 14.9 Å². The van der Waals surface area contributed by atoms with Crippen LogP contribution in [0.4, 0.5) is 0 Å². The zero-order valence-corrected chi connectivity index (χ0v) is 10.3. The monoisotopic (exact) mass is 232 g/mol. The third-order valence-corrected chi connectivity index (χ3v) is 2.98. The van der Waals surface area contributed by atoms with Gasteiger partial charge in [0.2, 0.25) is 0 Å². The summed E-state index contributed by atoms with van der Waals surface area (Å²) >= 11 is 0. The smallest absolute Gasteiger partial charge is 0.0946 e. The van der Waals surface area contributed by atoms with E-state index < -0.39 is 0 Å². The van der Waals surface area contributed by atoms with Crippen molar-refractivity contribution < 1.29 is 0 Å². The predicted molar refractivity (Wildman–Crippen MR) is 68.5 cm³/mol. The molecule has 0 fully saturated rings. The molecule has 17 heavy (non-hydrogen) atoms. The van der Waals surface area contributed by atoms with Crippen LogP contribution in [0, 0.1) is 0 Å². The summed E-state index contributed by atoms with van der Waals surface area (Å²) in [6, 6.07) is 2.29. The van der Waals surface area contributed by atoms with Crippen molar-refractivity contribution in [2.24, 2.45) is 5.73 Å². The highest BCUT2D eigenvalue weighted by Crippen LogP contribution is 2.15. The van der Waals surface area contributed by atoms with E-state index in [2.05, 4.69) is 39.5 Å². The second kappa shape index (κ2) is 5.68. The molecule has 92 valence electrons. The summed E-state index contributed by atoms with van der Waals surface area (Å²) in [4.78, 5) is 4.03. The lowest BCUT2D eigenvalue weighted by molar-refractivity contribution is 0.576. The van der Waals surface area contributed by atoms with Crippen molar-refractivity contribution in [2.45, 2.75) is 38.9 Å². The second-order valence-corrected chi connectivity index (χ2v) is 4.38. The van der Waals surface area contributed by atoms with Crippen molar-refractivity contribution in [2.75, 3.05) is 0 Å². The van der Waals surface area contributed by atoms with Crippen LogP contribution in [-0.4, -0.2) is 14.1 Å². The summed E-state index contributed by atoms with van der Waals surface area (Å²) in [7, 11) is 0. The van der Waals surface area contributed by atoms with Crippen LogP contribution in [0.25, 0.3) is 0 Å². The number of rotatable bonds is 6. The van der Waals surface area contributed by atoms with E-state index in [1.807, 2.05) is 12.5 Å². The first-order valence-electron chi connectivity index (χ1n) is 6.16. The molecule has 0 aliphatic rings. The lowest BCUT2D eigenvalue weighted by atomic mass is 10.1. The van der Waals surface area contributed by atoms with Gasteiger partial charge in [0, 0.05) is 43.9 Å². The molecule has 0 saturated heterocycles. The van der Waals surface area contributed by atoms with E-state index in [1.165, 1.54) is 5.56 Å². The van der Waals surface area contributed by atoms with E-state index in [0.717, 1.165) is 25.9 Å². The van der Waals surface area contributed by atoms with E-state index >= 15 is 0 Å². The maximum absolute atomic E-state index is 6.08. The number of nitrogens with two attached hydrogens (primary N) is 1. The largest absolute Gasteiger partial charge is 0.352 e. The third kappa shape index (κ3) is 3.20. The highest BCUT2D eigenvalue weighted by atomic mass is 15.1. The van der Waals surface area contributed by atoms with Crippen LogP contribution in [0.1, 0.15) is 31.4 Å². The zero-order chi connectivity index (χ0) is 12.1. The lowest BCUT2D eigenvalue weighted by Gasteiger charge is -2.07. The first kappa shape index (κ1) is 11.9. The minimum absolute atomic E-state index is 0.175. The number of hydrogen-bond donors (Lipinski definition) is 1. The molecule has 2 rings (SSSR count). The molecule has 0 aromatic carbocycles. The average molecular weight is 232 g/mol. The van der Waals surface area contributed by atoms with Gasteiger partial charge in [0.1, 0.15) is 0 Å². The van der Waals surface area contributed by atoms with Gasteiger partial charge in [0.15, 0.2) is 0 Å². The Morgan fingerprint density at radius 3 is 2.82 bits per heavy atom. The molecule has 0 aliphatic heterocycles. The summed E-state index contributed by atoms with van der Waals surface area (Å²) < 4.78 is 4.26. The fraction of sp³-hybridized carbons (Fsp3) is 0.462. The molecule has 0 amide bonds. The Bertz CT molecular complexity index is 430. The van der Waals surface area contributed by atoms with Gasteiger partial charge in [-0.3, -0.25) is 0 Å². The predicted octanol–water partition coefficient (Wildman–Crippen LogP) is 2.18. The maximum Gasteiger partial charge on any atom is 0.0946 e. The molecule has 0 saturated carbocycles. The molecular formula is C13H20N4. The van der Waals surface area contributed by atoms with Gasteiger partial charge in [-0.25, -0.2) is 4.98 Å². The van der Waals surface area contributed by atoms with E-state index in [9.17, 15) is 0 Å². The lowest BCUT2D eigenvalue weighted by Crippen LogP contribution is -2.09. The third-order valence-electron chi connectivity index (χ3n) is 2.98. The van der Waals surface area contributed by atoms with Gasteiger partial charge in [-0.15, -0.1) is 0 Å². The molecule has 2 aromatic rings. The maximum atomic E-state index is 6.08. The Morgan fingerprint density at radius 1 is 1.29 bits per heavy atom. The Balaban J connectivity index is 1.89. The van der Waals surface area contributed by atoms with E-state index in [4.69, 9.17) is 5.73 Å². The number of aromatic nitrogens is 3. The van der Waals surface area contributed by atoms with Crippen molar-refractivity contribution in [1.29, 1.82) is 0 Å². The van der Waals surface area contributed by atoms with Crippen LogP contribution in [0.5, 0.6) is 0 Å². The van der Waals surface area contributed by atoms with Gasteiger partial charge in [-0.2, -0.15) is 0 Å². The topological polar surface area (TPSA) is 48.8 Å². The van der Waals surface area contributed by atoms with Crippen LogP contribution in [-0.2, 0) is 13.1 Å². The molecule has 0 radical (unpaired) electrons. The summed E-state index contributed by atoms with van der Waals surface area (Å²) in [6.45, 7) is 4.06. The fourth-order valence-corrected chi connectivity index (χ4v) is 1.95. The molecule has 0 aliphatic carbocycles. The molecule has 1 unspecified atom stereocenters. The summed E-state index contributed by atoms with van der Waals surface area (Å²) in [5.74, 6) is 0. The number of imidazole rings is 1. The summed E-state index contributed by atoms with van der Waals surface area (Å²) in [5, 5.41) is 0. The minimum Gasteiger partial charge on any atom is -0.352 e. The zero-order valence-electron chi connectivity index (χ0n) is 10.3. The van der Waals surface area contributed by atoms with E-state index in [-0.39, 0.29) is 6.04 Å². The molecule has 1 atom stereocenters. The molecule has 0 bridgehead atoms. The van der Waals surface area contributed by atoms with Crippen LogP contribution >= 0.6 is 0 Å². The Hall–Kier alpha value is -1.55. The van der Waals surface area contributed by atoms with Crippen molar-refractivity contribution >= 4 is 0 Å². The Labute approximate surface area is 102 Å². The first-order chi connectivity index (χ1) is 8.29. The highest BCUT2D eigenvalue weighted by molar-refractivity contribution is 5.14. The summed E-state index contributed by atoms with van der Waals surface area (Å²) in [5.41, 5.74) is 7.31. The van der Waals surface area contributed by atoms with E-state index in [1.54, 1.807) is 6.20 Å². The van der Waals surface area contributed by atoms with Crippen LogP contribution in [0.15, 0.2) is 37.2 Å². The standard InChI is InChI=1S/C13H20N4/c1-2-3-13(14)12-4-6-16(10-12)8-9-17-7-5-15-11-17/h4-7,10-11,13H,2-3,8-9,14H2,1H3. The van der Waals surface area contributed by atoms with Gasteiger partial charge >= 0.3 is 0 Å².